The molecule has 248 valence electrons. The fraction of sp³-hybridized carbons (Fsp3) is 0.189. The minimum absolute atomic E-state index is 0.0693. The van der Waals surface area contributed by atoms with E-state index in [9.17, 15) is 24.0 Å². The van der Waals surface area contributed by atoms with Gasteiger partial charge in [-0.2, -0.15) is 0 Å². The van der Waals surface area contributed by atoms with Crippen molar-refractivity contribution in [2.75, 3.05) is 6.61 Å². The number of Topliss-reactive ketones (excluding diaryl/α,β-unsaturated/α-hetero) is 2. The molecule has 0 aliphatic carbocycles. The van der Waals surface area contributed by atoms with Crippen molar-refractivity contribution in [3.8, 4) is 17.3 Å². The van der Waals surface area contributed by atoms with Gasteiger partial charge in [-0.15, -0.1) is 0 Å². The number of hydrogen-bond acceptors (Lipinski definition) is 9. The quantitative estimate of drug-likeness (QED) is 0.120. The number of hydrogen-bond donors (Lipinski definition) is 2. The van der Waals surface area contributed by atoms with Gasteiger partial charge in [-0.3, -0.25) is 33.5 Å². The third kappa shape index (κ3) is 9.61. The Kier molecular flexibility index (Phi) is 11.8. The van der Waals surface area contributed by atoms with Crippen molar-refractivity contribution >= 4 is 23.4 Å². The van der Waals surface area contributed by atoms with Crippen molar-refractivity contribution < 1.29 is 23.9 Å². The lowest BCUT2D eigenvalue weighted by atomic mass is 9.98. The molecule has 12 heteroatoms. The minimum Gasteiger partial charge on any atom is -0.478 e. The van der Waals surface area contributed by atoms with Crippen molar-refractivity contribution in [1.29, 1.82) is 0 Å². The van der Waals surface area contributed by atoms with E-state index >= 15 is 0 Å². The first-order valence-corrected chi connectivity index (χ1v) is 15.7. The van der Waals surface area contributed by atoms with Crippen molar-refractivity contribution in [2.24, 2.45) is 0 Å². The first-order valence-electron chi connectivity index (χ1n) is 15.7. The molecule has 2 N–H and O–H groups in total. The number of aromatic nitrogens is 4. The number of nitrogens with zero attached hydrogens (tertiary/aromatic N) is 4. The van der Waals surface area contributed by atoms with Gasteiger partial charge in [0.25, 0.3) is 11.5 Å². The Morgan fingerprint density at radius 2 is 1.49 bits per heavy atom. The van der Waals surface area contributed by atoms with Crippen LogP contribution in [0.5, 0.6) is 5.88 Å². The molecule has 5 aromatic rings. The third-order valence-corrected chi connectivity index (χ3v) is 7.43. The van der Waals surface area contributed by atoms with Gasteiger partial charge in [-0.25, -0.2) is 9.97 Å². The Hall–Kier alpha value is -6.30. The average Bonchev–Trinajstić information content (AvgIpc) is 3.14. The van der Waals surface area contributed by atoms with Crippen LogP contribution in [0.4, 0.5) is 0 Å². The summed E-state index contributed by atoms with van der Waals surface area (Å²) in [5.74, 6) is -1.93. The highest BCUT2D eigenvalue weighted by molar-refractivity contribution is 6.39. The second-order valence-electron chi connectivity index (χ2n) is 11.0. The standard InChI is InChI=1S/C37H34N6O6/c44-31(17-11-21-49-33-18-8-10-20-39-33)34(46)30(22-26-12-3-1-4-13-26)42-32(45)25-43-35(27-14-5-2-6-15-27)40-23-28(37(43)48)24-41-36(47)29-16-7-9-19-38-29/h1-10,12-16,18-20,23,30H,11,17,21-22,24-25H2,(H,41,47)(H,42,45). The lowest BCUT2D eigenvalue weighted by Gasteiger charge is -2.19. The number of benzene rings is 2. The van der Waals surface area contributed by atoms with Crippen LogP contribution in [0.25, 0.3) is 11.4 Å². The van der Waals surface area contributed by atoms with Gasteiger partial charge in [0, 0.05) is 43.1 Å². The summed E-state index contributed by atoms with van der Waals surface area (Å²) < 4.78 is 6.72. The van der Waals surface area contributed by atoms with E-state index in [-0.39, 0.29) is 49.5 Å². The summed E-state index contributed by atoms with van der Waals surface area (Å²) in [6.45, 7) is -0.475. The number of rotatable bonds is 16. The van der Waals surface area contributed by atoms with Crippen LogP contribution >= 0.6 is 0 Å². The average molecular weight is 659 g/mol. The van der Waals surface area contributed by atoms with Crippen LogP contribution in [0.15, 0.2) is 120 Å². The molecule has 5 rings (SSSR count). The maximum Gasteiger partial charge on any atom is 0.270 e. The topological polar surface area (TPSA) is 162 Å². The van der Waals surface area contributed by atoms with Crippen LogP contribution in [0.2, 0.25) is 0 Å². The summed E-state index contributed by atoms with van der Waals surface area (Å²) in [6.07, 6.45) is 4.69. The van der Waals surface area contributed by atoms with E-state index in [1.165, 1.54) is 17.0 Å². The van der Waals surface area contributed by atoms with E-state index in [0.29, 0.717) is 11.4 Å². The highest BCUT2D eigenvalue weighted by Crippen LogP contribution is 2.16. The third-order valence-electron chi connectivity index (χ3n) is 7.43. The molecule has 0 bridgehead atoms. The van der Waals surface area contributed by atoms with Gasteiger partial charge in [0.05, 0.1) is 24.8 Å². The Labute approximate surface area is 282 Å². The van der Waals surface area contributed by atoms with Gasteiger partial charge in [0.1, 0.15) is 18.1 Å². The summed E-state index contributed by atoms with van der Waals surface area (Å²) in [5, 5.41) is 5.36. The molecule has 0 spiro atoms. The SMILES string of the molecule is O=C(Cn1c(-c2ccccc2)ncc(CNC(=O)c2ccccn2)c1=O)NC(Cc1ccccc1)C(=O)C(=O)CCCOc1ccccn1. The summed E-state index contributed by atoms with van der Waals surface area (Å²) in [6, 6.07) is 26.8. The summed E-state index contributed by atoms with van der Waals surface area (Å²) >= 11 is 0. The van der Waals surface area contributed by atoms with E-state index in [2.05, 4.69) is 25.6 Å². The smallest absolute Gasteiger partial charge is 0.270 e. The number of carbonyl (C=O) groups excluding carboxylic acids is 4. The first kappa shape index (κ1) is 34.0. The van der Waals surface area contributed by atoms with Crippen LogP contribution in [0, 0.1) is 0 Å². The Bertz CT molecular complexity index is 1940. The van der Waals surface area contributed by atoms with Crippen LogP contribution in [0.1, 0.15) is 34.5 Å². The van der Waals surface area contributed by atoms with Crippen LogP contribution < -0.4 is 20.9 Å². The van der Waals surface area contributed by atoms with Crippen LogP contribution in [-0.4, -0.2) is 55.5 Å². The van der Waals surface area contributed by atoms with Gasteiger partial charge in [0.15, 0.2) is 0 Å². The van der Waals surface area contributed by atoms with Crippen molar-refractivity contribution in [3.05, 3.63) is 143 Å². The van der Waals surface area contributed by atoms with Gasteiger partial charge in [0.2, 0.25) is 23.4 Å². The molecule has 3 heterocycles. The number of ether oxygens (including phenoxy) is 1. The molecule has 3 aromatic heterocycles. The van der Waals surface area contributed by atoms with E-state index in [1.54, 1.807) is 91.1 Å². The molecule has 1 unspecified atom stereocenters. The predicted molar refractivity (Wildman–Crippen MR) is 180 cm³/mol. The highest BCUT2D eigenvalue weighted by atomic mass is 16.5. The zero-order valence-electron chi connectivity index (χ0n) is 26.5. The number of nitrogens with one attached hydrogen (secondary N) is 2. The number of carbonyl (C=O) groups is 4. The summed E-state index contributed by atoms with van der Waals surface area (Å²) in [7, 11) is 0. The van der Waals surface area contributed by atoms with Gasteiger partial charge in [-0.1, -0.05) is 72.8 Å². The lowest BCUT2D eigenvalue weighted by molar-refractivity contribution is -0.139. The van der Waals surface area contributed by atoms with E-state index in [4.69, 9.17) is 4.74 Å². The van der Waals surface area contributed by atoms with Crippen LogP contribution in [0.3, 0.4) is 0 Å². The number of amides is 2. The predicted octanol–water partition coefficient (Wildman–Crippen LogP) is 3.36. The molecule has 0 radical (unpaired) electrons. The highest BCUT2D eigenvalue weighted by Gasteiger charge is 2.27. The van der Waals surface area contributed by atoms with Crippen molar-refractivity contribution in [2.45, 2.75) is 38.4 Å². The fourth-order valence-electron chi connectivity index (χ4n) is 4.98. The molecule has 0 fully saturated rings. The first-order chi connectivity index (χ1) is 23.9. The maximum atomic E-state index is 13.8. The maximum absolute atomic E-state index is 13.8. The summed E-state index contributed by atoms with van der Waals surface area (Å²) in [4.78, 5) is 78.9. The van der Waals surface area contributed by atoms with Gasteiger partial charge >= 0.3 is 0 Å². The van der Waals surface area contributed by atoms with Crippen molar-refractivity contribution in [1.82, 2.24) is 30.2 Å². The zero-order valence-corrected chi connectivity index (χ0v) is 26.5. The van der Waals surface area contributed by atoms with Crippen LogP contribution in [-0.2, 0) is 33.9 Å². The van der Waals surface area contributed by atoms with E-state index in [1.807, 2.05) is 12.1 Å². The Balaban J connectivity index is 1.32. The lowest BCUT2D eigenvalue weighted by Crippen LogP contribution is -2.47. The van der Waals surface area contributed by atoms with E-state index < -0.39 is 41.5 Å². The van der Waals surface area contributed by atoms with Crippen molar-refractivity contribution in [3.63, 3.8) is 0 Å². The molecule has 1 atom stereocenters. The molecule has 0 aliphatic heterocycles. The van der Waals surface area contributed by atoms with E-state index in [0.717, 1.165) is 5.56 Å². The second-order valence-corrected chi connectivity index (χ2v) is 11.0. The molecule has 2 aromatic carbocycles. The molecule has 12 nitrogen and oxygen atoms in total. The number of ketones is 2. The molecular weight excluding hydrogens is 624 g/mol. The van der Waals surface area contributed by atoms with Gasteiger partial charge in [-0.05, 0) is 30.2 Å². The number of pyridine rings is 2. The Morgan fingerprint density at radius 1 is 0.796 bits per heavy atom. The molecule has 2 amide bonds. The minimum atomic E-state index is -1.18. The molecule has 0 saturated heterocycles. The monoisotopic (exact) mass is 658 g/mol. The second kappa shape index (κ2) is 17.0. The Morgan fingerprint density at radius 3 is 2.18 bits per heavy atom. The summed E-state index contributed by atoms with van der Waals surface area (Å²) in [5.41, 5.74) is 1.08. The fourth-order valence-corrected chi connectivity index (χ4v) is 4.98. The molecule has 49 heavy (non-hydrogen) atoms. The zero-order chi connectivity index (χ0) is 34.4. The molecule has 0 saturated carbocycles. The normalized spacial score (nSPS) is 11.3. The molecule has 0 aliphatic rings. The van der Waals surface area contributed by atoms with Gasteiger partial charge < -0.3 is 15.4 Å². The molecular formula is C37H34N6O6. The largest absolute Gasteiger partial charge is 0.478 e.